The van der Waals surface area contributed by atoms with Crippen molar-refractivity contribution in [1.29, 1.82) is 0 Å². The Hall–Kier alpha value is -2.30. The second-order valence-electron chi connectivity index (χ2n) is 3.89. The van der Waals surface area contributed by atoms with Crippen LogP contribution in [0.2, 0.25) is 0 Å². The van der Waals surface area contributed by atoms with Gasteiger partial charge in [0.1, 0.15) is 5.75 Å². The lowest BCUT2D eigenvalue weighted by Crippen LogP contribution is -2.25. The van der Waals surface area contributed by atoms with E-state index in [4.69, 9.17) is 4.74 Å². The van der Waals surface area contributed by atoms with Crippen LogP contribution in [0.1, 0.15) is 0 Å². The molecule has 2 heterocycles. The van der Waals surface area contributed by atoms with E-state index >= 15 is 0 Å². The fraction of sp³-hybridized carbons (Fsp3) is 0.167. The van der Waals surface area contributed by atoms with Gasteiger partial charge in [-0.2, -0.15) is 5.10 Å². The molecule has 5 nitrogen and oxygen atoms in total. The third-order valence-electron chi connectivity index (χ3n) is 2.73. The summed E-state index contributed by atoms with van der Waals surface area (Å²) < 4.78 is 7.09. The number of nitrogens with one attached hydrogen (secondary N) is 1. The lowest BCUT2D eigenvalue weighted by molar-refractivity contribution is -0.118. The van der Waals surface area contributed by atoms with Gasteiger partial charge in [-0.1, -0.05) is 0 Å². The molecule has 0 aliphatic carbocycles. The Morgan fingerprint density at radius 2 is 2.29 bits per heavy atom. The summed E-state index contributed by atoms with van der Waals surface area (Å²) in [6.07, 6.45) is 1.74. The summed E-state index contributed by atoms with van der Waals surface area (Å²) in [7, 11) is 1.88. The summed E-state index contributed by atoms with van der Waals surface area (Å²) in [4.78, 5) is 11.2. The first-order valence-corrected chi connectivity index (χ1v) is 5.29. The van der Waals surface area contributed by atoms with E-state index in [-0.39, 0.29) is 12.5 Å². The van der Waals surface area contributed by atoms with Gasteiger partial charge in [0, 0.05) is 18.8 Å². The molecule has 1 aromatic heterocycles. The SMILES string of the molecule is Cn1nccc1-c1ccc2c(c1)NC(=O)CO2. The number of rotatable bonds is 1. The molecule has 86 valence electrons. The monoisotopic (exact) mass is 229 g/mol. The van der Waals surface area contributed by atoms with Crippen molar-refractivity contribution in [2.75, 3.05) is 11.9 Å². The van der Waals surface area contributed by atoms with Gasteiger partial charge in [0.15, 0.2) is 6.61 Å². The topological polar surface area (TPSA) is 56.2 Å². The molecule has 0 spiro atoms. The van der Waals surface area contributed by atoms with E-state index in [1.165, 1.54) is 0 Å². The zero-order chi connectivity index (χ0) is 11.8. The Morgan fingerprint density at radius 1 is 1.41 bits per heavy atom. The first kappa shape index (κ1) is 9.89. The van der Waals surface area contributed by atoms with Crippen LogP contribution in [0, 0.1) is 0 Å². The fourth-order valence-corrected chi connectivity index (χ4v) is 1.90. The van der Waals surface area contributed by atoms with E-state index < -0.39 is 0 Å². The maximum Gasteiger partial charge on any atom is 0.262 e. The third kappa shape index (κ3) is 1.65. The van der Waals surface area contributed by atoms with Crippen molar-refractivity contribution in [1.82, 2.24) is 9.78 Å². The highest BCUT2D eigenvalue weighted by atomic mass is 16.5. The van der Waals surface area contributed by atoms with Gasteiger partial charge in [0.25, 0.3) is 5.91 Å². The van der Waals surface area contributed by atoms with Crippen LogP contribution < -0.4 is 10.1 Å². The minimum atomic E-state index is -0.125. The molecule has 2 aromatic rings. The van der Waals surface area contributed by atoms with Gasteiger partial charge in [-0.05, 0) is 24.3 Å². The zero-order valence-corrected chi connectivity index (χ0v) is 9.30. The fourth-order valence-electron chi connectivity index (χ4n) is 1.90. The number of hydrogen-bond donors (Lipinski definition) is 1. The van der Waals surface area contributed by atoms with Gasteiger partial charge in [0.05, 0.1) is 11.4 Å². The van der Waals surface area contributed by atoms with Crippen LogP contribution >= 0.6 is 0 Å². The van der Waals surface area contributed by atoms with E-state index in [0.29, 0.717) is 11.4 Å². The number of hydrogen-bond acceptors (Lipinski definition) is 3. The maximum absolute atomic E-state index is 11.2. The highest BCUT2D eigenvalue weighted by Crippen LogP contribution is 2.32. The second-order valence-corrected chi connectivity index (χ2v) is 3.89. The van der Waals surface area contributed by atoms with Gasteiger partial charge in [0.2, 0.25) is 0 Å². The van der Waals surface area contributed by atoms with Gasteiger partial charge >= 0.3 is 0 Å². The van der Waals surface area contributed by atoms with E-state index in [9.17, 15) is 4.79 Å². The van der Waals surface area contributed by atoms with Crippen molar-refractivity contribution >= 4 is 11.6 Å². The Labute approximate surface area is 98.0 Å². The molecule has 0 bridgehead atoms. The highest BCUT2D eigenvalue weighted by molar-refractivity contribution is 5.96. The van der Waals surface area contributed by atoms with Crippen molar-refractivity contribution in [3.63, 3.8) is 0 Å². The molecule has 3 rings (SSSR count). The summed E-state index contributed by atoms with van der Waals surface area (Å²) >= 11 is 0. The van der Waals surface area contributed by atoms with E-state index in [1.807, 2.05) is 31.3 Å². The smallest absolute Gasteiger partial charge is 0.262 e. The molecule has 0 saturated carbocycles. The van der Waals surface area contributed by atoms with Crippen molar-refractivity contribution in [3.8, 4) is 17.0 Å². The number of carbonyl (C=O) groups is 1. The third-order valence-corrected chi connectivity index (χ3v) is 2.73. The minimum absolute atomic E-state index is 0.0814. The molecule has 1 aliphatic rings. The predicted molar refractivity (Wildman–Crippen MR) is 62.8 cm³/mol. The largest absolute Gasteiger partial charge is 0.482 e. The van der Waals surface area contributed by atoms with Crippen LogP contribution in [0.3, 0.4) is 0 Å². The van der Waals surface area contributed by atoms with Crippen LogP contribution in [-0.4, -0.2) is 22.3 Å². The molecule has 0 saturated heterocycles. The van der Waals surface area contributed by atoms with Crippen LogP contribution in [0.5, 0.6) is 5.75 Å². The highest BCUT2D eigenvalue weighted by Gasteiger charge is 2.16. The Balaban J connectivity index is 2.06. The average Bonchev–Trinajstić information content (AvgIpc) is 2.74. The number of nitrogens with zero attached hydrogens (tertiary/aromatic N) is 2. The van der Waals surface area contributed by atoms with E-state index in [2.05, 4.69) is 10.4 Å². The predicted octanol–water partition coefficient (Wildman–Crippen LogP) is 1.42. The van der Waals surface area contributed by atoms with E-state index in [0.717, 1.165) is 11.3 Å². The number of benzene rings is 1. The first-order chi connectivity index (χ1) is 8.24. The average molecular weight is 229 g/mol. The Morgan fingerprint density at radius 3 is 3.06 bits per heavy atom. The van der Waals surface area contributed by atoms with E-state index in [1.54, 1.807) is 10.9 Å². The van der Waals surface area contributed by atoms with Gasteiger partial charge in [-0.3, -0.25) is 9.48 Å². The van der Waals surface area contributed by atoms with Crippen LogP contribution in [0.15, 0.2) is 30.5 Å². The Kier molecular flexibility index (Phi) is 2.11. The summed E-state index contributed by atoms with van der Waals surface area (Å²) in [5.74, 6) is 0.579. The number of amides is 1. The number of ether oxygens (including phenoxy) is 1. The van der Waals surface area contributed by atoms with Gasteiger partial charge < -0.3 is 10.1 Å². The molecule has 1 aromatic carbocycles. The molecule has 0 atom stereocenters. The molecular weight excluding hydrogens is 218 g/mol. The van der Waals surface area contributed by atoms with Gasteiger partial charge in [-0.25, -0.2) is 0 Å². The second kappa shape index (κ2) is 3.62. The molecule has 5 heteroatoms. The molecular formula is C12H11N3O2. The lowest BCUT2D eigenvalue weighted by atomic mass is 10.1. The maximum atomic E-state index is 11.2. The lowest BCUT2D eigenvalue weighted by Gasteiger charge is -2.18. The number of fused-ring (bicyclic) bond motifs is 1. The minimum Gasteiger partial charge on any atom is -0.482 e. The number of aryl methyl sites for hydroxylation is 1. The summed E-state index contributed by atoms with van der Waals surface area (Å²) in [5, 5.41) is 6.91. The number of anilines is 1. The van der Waals surface area contributed by atoms with Crippen LogP contribution in [-0.2, 0) is 11.8 Å². The summed E-state index contributed by atoms with van der Waals surface area (Å²) in [6, 6.07) is 7.63. The van der Waals surface area contributed by atoms with Crippen molar-refractivity contribution in [2.24, 2.45) is 7.05 Å². The normalized spacial score (nSPS) is 13.8. The number of aromatic nitrogens is 2. The standard InChI is InChI=1S/C12H11N3O2/c1-15-10(4-5-13-15)8-2-3-11-9(6-8)14-12(16)7-17-11/h2-6H,7H2,1H3,(H,14,16). The van der Waals surface area contributed by atoms with Gasteiger partial charge in [-0.15, -0.1) is 0 Å². The Bertz CT molecular complexity index is 589. The van der Waals surface area contributed by atoms with Crippen molar-refractivity contribution < 1.29 is 9.53 Å². The molecule has 1 N–H and O–H groups in total. The molecule has 1 aliphatic heterocycles. The summed E-state index contributed by atoms with van der Waals surface area (Å²) in [6.45, 7) is 0.0814. The first-order valence-electron chi connectivity index (χ1n) is 5.29. The van der Waals surface area contributed by atoms with Crippen molar-refractivity contribution in [2.45, 2.75) is 0 Å². The summed E-state index contributed by atoms with van der Waals surface area (Å²) in [5.41, 5.74) is 2.70. The number of carbonyl (C=O) groups excluding carboxylic acids is 1. The van der Waals surface area contributed by atoms with Crippen molar-refractivity contribution in [3.05, 3.63) is 30.5 Å². The van der Waals surface area contributed by atoms with Crippen LogP contribution in [0.4, 0.5) is 5.69 Å². The molecule has 0 unspecified atom stereocenters. The quantitative estimate of drug-likeness (QED) is 0.804. The molecule has 0 radical (unpaired) electrons. The molecule has 17 heavy (non-hydrogen) atoms. The molecule has 0 fully saturated rings. The zero-order valence-electron chi connectivity index (χ0n) is 9.30. The molecule has 1 amide bonds. The van der Waals surface area contributed by atoms with Crippen LogP contribution in [0.25, 0.3) is 11.3 Å².